The molecular formula is C27H29N5O3. The number of piperidine rings is 1. The van der Waals surface area contributed by atoms with Crippen LogP contribution in [0.5, 0.6) is 0 Å². The van der Waals surface area contributed by atoms with Gasteiger partial charge in [0.25, 0.3) is 0 Å². The molecule has 8 nitrogen and oxygen atoms in total. The van der Waals surface area contributed by atoms with Gasteiger partial charge < -0.3 is 9.47 Å². The molecule has 0 bridgehead atoms. The number of benzene rings is 1. The van der Waals surface area contributed by atoms with E-state index in [9.17, 15) is 14.4 Å². The van der Waals surface area contributed by atoms with E-state index in [0.717, 1.165) is 30.7 Å². The van der Waals surface area contributed by atoms with Crippen LogP contribution in [0.15, 0.2) is 67.3 Å². The van der Waals surface area contributed by atoms with Crippen molar-refractivity contribution in [3.8, 4) is 0 Å². The van der Waals surface area contributed by atoms with Crippen molar-refractivity contribution in [3.63, 3.8) is 0 Å². The van der Waals surface area contributed by atoms with E-state index >= 15 is 0 Å². The number of aromatic nitrogens is 3. The highest BCUT2D eigenvalue weighted by Gasteiger charge is 2.54. The van der Waals surface area contributed by atoms with Gasteiger partial charge in [-0.2, -0.15) is 0 Å². The predicted molar refractivity (Wildman–Crippen MR) is 129 cm³/mol. The summed E-state index contributed by atoms with van der Waals surface area (Å²) in [5.74, 6) is 0.135. The van der Waals surface area contributed by atoms with Crippen molar-refractivity contribution in [2.24, 2.45) is 7.05 Å². The molecule has 2 saturated heterocycles. The summed E-state index contributed by atoms with van der Waals surface area (Å²) in [5.41, 5.74) is 0.252. The van der Waals surface area contributed by atoms with Crippen molar-refractivity contribution in [1.82, 2.24) is 24.3 Å². The number of carbonyl (C=O) groups is 3. The second-order valence-corrected chi connectivity index (χ2v) is 9.44. The fraction of sp³-hybridized carbons (Fsp3) is 0.370. The Balaban J connectivity index is 1.47. The summed E-state index contributed by atoms with van der Waals surface area (Å²) in [6.45, 7) is 0.761. The van der Waals surface area contributed by atoms with Gasteiger partial charge in [-0.1, -0.05) is 36.4 Å². The van der Waals surface area contributed by atoms with Gasteiger partial charge in [0.15, 0.2) is 0 Å². The van der Waals surface area contributed by atoms with Crippen molar-refractivity contribution in [2.45, 2.75) is 50.1 Å². The molecule has 8 heteroatoms. The molecule has 2 aliphatic heterocycles. The first-order valence-electron chi connectivity index (χ1n) is 12.1. The zero-order valence-electron chi connectivity index (χ0n) is 19.8. The molecule has 0 saturated carbocycles. The SMILES string of the molecule is Cn1ccnc1[C@H]1CCCCN1C(=O)C[C@@]1(c2ccccc2)CC(=O)N(Cc2cccnc2)C1=O. The summed E-state index contributed by atoms with van der Waals surface area (Å²) in [5, 5.41) is 0. The quantitative estimate of drug-likeness (QED) is 0.516. The Morgan fingerprint density at radius 3 is 2.63 bits per heavy atom. The Morgan fingerprint density at radius 2 is 1.91 bits per heavy atom. The van der Waals surface area contributed by atoms with E-state index in [1.165, 1.54) is 4.90 Å². The number of amides is 3. The van der Waals surface area contributed by atoms with E-state index in [0.29, 0.717) is 12.1 Å². The maximum Gasteiger partial charge on any atom is 0.241 e. The second kappa shape index (κ2) is 9.44. The van der Waals surface area contributed by atoms with Crippen molar-refractivity contribution < 1.29 is 14.4 Å². The minimum atomic E-state index is -1.22. The predicted octanol–water partition coefficient (Wildman–Crippen LogP) is 3.16. The van der Waals surface area contributed by atoms with Gasteiger partial charge in [0.1, 0.15) is 5.82 Å². The molecule has 3 amide bonds. The molecule has 180 valence electrons. The van der Waals surface area contributed by atoms with Gasteiger partial charge in [-0.15, -0.1) is 0 Å². The van der Waals surface area contributed by atoms with Crippen LogP contribution in [0.2, 0.25) is 0 Å². The summed E-state index contributed by atoms with van der Waals surface area (Å²) in [4.78, 5) is 52.7. The van der Waals surface area contributed by atoms with Gasteiger partial charge in [-0.3, -0.25) is 24.3 Å². The Hall–Kier alpha value is -3.81. The number of nitrogens with zero attached hydrogens (tertiary/aromatic N) is 5. The molecule has 4 heterocycles. The van der Waals surface area contributed by atoms with Crippen LogP contribution >= 0.6 is 0 Å². The average molecular weight is 472 g/mol. The van der Waals surface area contributed by atoms with Crippen molar-refractivity contribution in [1.29, 1.82) is 0 Å². The lowest BCUT2D eigenvalue weighted by molar-refractivity contribution is -0.144. The summed E-state index contributed by atoms with van der Waals surface area (Å²) in [6.07, 6.45) is 9.61. The molecule has 2 aliphatic rings. The average Bonchev–Trinajstić information content (AvgIpc) is 3.42. The highest BCUT2D eigenvalue weighted by Crippen LogP contribution is 2.42. The highest BCUT2D eigenvalue weighted by atomic mass is 16.2. The molecule has 0 radical (unpaired) electrons. The van der Waals surface area contributed by atoms with Gasteiger partial charge in [0.2, 0.25) is 17.7 Å². The number of carbonyl (C=O) groups excluding carboxylic acids is 3. The number of pyridine rings is 1. The lowest BCUT2D eigenvalue weighted by atomic mass is 9.75. The number of hydrogen-bond acceptors (Lipinski definition) is 5. The summed E-state index contributed by atoms with van der Waals surface area (Å²) in [6, 6.07) is 12.7. The Kier molecular flexibility index (Phi) is 6.19. The molecule has 0 aliphatic carbocycles. The van der Waals surface area contributed by atoms with E-state index in [-0.39, 0.29) is 43.1 Å². The zero-order valence-corrected chi connectivity index (χ0v) is 19.8. The number of aryl methyl sites for hydroxylation is 1. The van der Waals surface area contributed by atoms with E-state index in [2.05, 4.69) is 9.97 Å². The first-order chi connectivity index (χ1) is 17.0. The maximum absolute atomic E-state index is 13.9. The monoisotopic (exact) mass is 471 g/mol. The molecular weight excluding hydrogens is 442 g/mol. The van der Waals surface area contributed by atoms with Gasteiger partial charge in [-0.25, -0.2) is 4.98 Å². The van der Waals surface area contributed by atoms with E-state index < -0.39 is 5.41 Å². The normalized spacial score (nSPS) is 22.6. The molecule has 0 spiro atoms. The second-order valence-electron chi connectivity index (χ2n) is 9.44. The Bertz CT molecular complexity index is 1230. The molecule has 2 aromatic heterocycles. The third kappa shape index (κ3) is 4.24. The third-order valence-corrected chi connectivity index (χ3v) is 7.23. The smallest absolute Gasteiger partial charge is 0.241 e. The molecule has 0 unspecified atom stereocenters. The van der Waals surface area contributed by atoms with Gasteiger partial charge in [0.05, 0.1) is 18.0 Å². The first-order valence-corrected chi connectivity index (χ1v) is 12.1. The standard InChI is InChI=1S/C27H29N5O3/c1-30-15-13-29-25(30)22-11-5-6-14-31(22)23(33)16-27(21-9-3-2-4-10-21)17-24(34)32(26(27)35)19-20-8-7-12-28-18-20/h2-4,7-10,12-13,15,18,22H,5-6,11,14,16-17,19H2,1H3/t22-,27+/m1/s1. The summed E-state index contributed by atoms with van der Waals surface area (Å²) >= 11 is 0. The molecule has 2 atom stereocenters. The maximum atomic E-state index is 13.9. The molecule has 0 N–H and O–H groups in total. The Morgan fingerprint density at radius 1 is 1.09 bits per heavy atom. The summed E-state index contributed by atoms with van der Waals surface area (Å²) < 4.78 is 1.95. The van der Waals surface area contributed by atoms with Crippen LogP contribution < -0.4 is 0 Å². The summed E-state index contributed by atoms with van der Waals surface area (Å²) in [7, 11) is 1.93. The fourth-order valence-electron chi connectivity index (χ4n) is 5.41. The third-order valence-electron chi connectivity index (χ3n) is 7.23. The van der Waals surface area contributed by atoms with Crippen LogP contribution in [0.3, 0.4) is 0 Å². The molecule has 3 aromatic rings. The van der Waals surface area contributed by atoms with Crippen molar-refractivity contribution in [2.75, 3.05) is 6.54 Å². The highest BCUT2D eigenvalue weighted by molar-refractivity contribution is 6.10. The molecule has 1 aromatic carbocycles. The van der Waals surface area contributed by atoms with Crippen molar-refractivity contribution in [3.05, 3.63) is 84.2 Å². The molecule has 2 fully saturated rings. The van der Waals surface area contributed by atoms with Crippen LogP contribution in [-0.2, 0) is 33.4 Å². The van der Waals surface area contributed by atoms with Crippen molar-refractivity contribution >= 4 is 17.7 Å². The lowest BCUT2D eigenvalue weighted by Crippen LogP contribution is -2.46. The van der Waals surface area contributed by atoms with E-state index in [4.69, 9.17) is 0 Å². The van der Waals surface area contributed by atoms with Crippen LogP contribution in [0, 0.1) is 0 Å². The number of imidazole rings is 1. The number of likely N-dealkylation sites (tertiary alicyclic amines) is 2. The van der Waals surface area contributed by atoms with Gasteiger partial charge in [-0.05, 0) is 36.5 Å². The van der Waals surface area contributed by atoms with Gasteiger partial charge in [0, 0.05) is 51.2 Å². The van der Waals surface area contributed by atoms with E-state index in [1.807, 2.05) is 59.1 Å². The fourth-order valence-corrected chi connectivity index (χ4v) is 5.41. The molecule has 35 heavy (non-hydrogen) atoms. The topological polar surface area (TPSA) is 88.4 Å². The molecule has 5 rings (SSSR count). The minimum absolute atomic E-state index is 0.0250. The number of hydrogen-bond donors (Lipinski definition) is 0. The van der Waals surface area contributed by atoms with Crippen LogP contribution in [-0.4, -0.2) is 48.6 Å². The number of imide groups is 1. The Labute approximate surface area is 204 Å². The zero-order chi connectivity index (χ0) is 24.4. The van der Waals surface area contributed by atoms with Crippen LogP contribution in [0.4, 0.5) is 0 Å². The first kappa shape index (κ1) is 23.0. The largest absolute Gasteiger partial charge is 0.336 e. The van der Waals surface area contributed by atoms with E-state index in [1.54, 1.807) is 24.7 Å². The number of rotatable bonds is 6. The van der Waals surface area contributed by atoms with Crippen LogP contribution in [0.25, 0.3) is 0 Å². The van der Waals surface area contributed by atoms with Crippen LogP contribution in [0.1, 0.15) is 55.1 Å². The minimum Gasteiger partial charge on any atom is -0.336 e. The lowest BCUT2D eigenvalue weighted by Gasteiger charge is -2.37. The van der Waals surface area contributed by atoms with Gasteiger partial charge >= 0.3 is 0 Å².